The van der Waals surface area contributed by atoms with Crippen LogP contribution >= 0.6 is 11.6 Å². The fraction of sp³-hybridized carbons (Fsp3) is 0.533. The van der Waals surface area contributed by atoms with Crippen LogP contribution in [0.5, 0.6) is 5.75 Å². The standard InChI is InChI=1S/C15H21ClN2O3/c16-14-3-2-11(19)10-13(14)15(20)18-7-4-12(5-8-18)21-9-1-6-17/h2-3,10,12,19H,1,4-9,17H2. The molecule has 1 aliphatic rings. The number of phenols is 1. The van der Waals surface area contributed by atoms with Crippen molar-refractivity contribution in [2.75, 3.05) is 26.2 Å². The van der Waals surface area contributed by atoms with E-state index in [0.717, 1.165) is 19.3 Å². The van der Waals surface area contributed by atoms with E-state index >= 15 is 0 Å². The van der Waals surface area contributed by atoms with Gasteiger partial charge in [-0.25, -0.2) is 0 Å². The van der Waals surface area contributed by atoms with E-state index < -0.39 is 0 Å². The maximum absolute atomic E-state index is 12.4. The smallest absolute Gasteiger partial charge is 0.255 e. The zero-order valence-corrected chi connectivity index (χ0v) is 12.7. The molecule has 2 rings (SSSR count). The number of nitrogens with zero attached hydrogens (tertiary/aromatic N) is 1. The number of halogens is 1. The van der Waals surface area contributed by atoms with Gasteiger partial charge in [0, 0.05) is 19.7 Å². The molecule has 1 aromatic carbocycles. The molecule has 6 heteroatoms. The van der Waals surface area contributed by atoms with E-state index in [1.807, 2.05) is 0 Å². The number of likely N-dealkylation sites (tertiary alicyclic amines) is 1. The zero-order valence-electron chi connectivity index (χ0n) is 11.9. The Labute approximate surface area is 129 Å². The topological polar surface area (TPSA) is 75.8 Å². The molecule has 0 radical (unpaired) electrons. The lowest BCUT2D eigenvalue weighted by Gasteiger charge is -2.32. The second kappa shape index (κ2) is 7.64. The zero-order chi connectivity index (χ0) is 15.2. The van der Waals surface area contributed by atoms with Crippen LogP contribution in [0, 0.1) is 0 Å². The lowest BCUT2D eigenvalue weighted by Crippen LogP contribution is -2.41. The summed E-state index contributed by atoms with van der Waals surface area (Å²) in [7, 11) is 0. The van der Waals surface area contributed by atoms with Gasteiger partial charge in [-0.15, -0.1) is 0 Å². The summed E-state index contributed by atoms with van der Waals surface area (Å²) in [4.78, 5) is 14.2. The van der Waals surface area contributed by atoms with E-state index in [9.17, 15) is 9.90 Å². The van der Waals surface area contributed by atoms with Crippen molar-refractivity contribution in [1.29, 1.82) is 0 Å². The van der Waals surface area contributed by atoms with E-state index in [4.69, 9.17) is 22.1 Å². The first kappa shape index (κ1) is 16.1. The number of benzene rings is 1. The quantitative estimate of drug-likeness (QED) is 0.816. The van der Waals surface area contributed by atoms with Gasteiger partial charge in [0.2, 0.25) is 0 Å². The highest BCUT2D eigenvalue weighted by Crippen LogP contribution is 2.24. The van der Waals surface area contributed by atoms with Gasteiger partial charge in [0.1, 0.15) is 5.75 Å². The third-order valence-corrected chi connectivity index (χ3v) is 3.94. The van der Waals surface area contributed by atoms with Crippen molar-refractivity contribution < 1.29 is 14.6 Å². The summed E-state index contributed by atoms with van der Waals surface area (Å²) in [5, 5.41) is 9.85. The molecule has 0 unspecified atom stereocenters. The predicted molar refractivity (Wildman–Crippen MR) is 81.7 cm³/mol. The van der Waals surface area contributed by atoms with Crippen molar-refractivity contribution in [1.82, 2.24) is 4.90 Å². The van der Waals surface area contributed by atoms with Gasteiger partial charge in [0.25, 0.3) is 5.91 Å². The fourth-order valence-electron chi connectivity index (χ4n) is 2.41. The average molecular weight is 313 g/mol. The predicted octanol–water partition coefficient (Wildman–Crippen LogP) is 2.02. The molecule has 1 saturated heterocycles. The second-order valence-electron chi connectivity index (χ2n) is 5.17. The lowest BCUT2D eigenvalue weighted by atomic mass is 10.1. The summed E-state index contributed by atoms with van der Waals surface area (Å²) in [5.74, 6) is -0.0981. The SMILES string of the molecule is NCCCOC1CCN(C(=O)c2cc(O)ccc2Cl)CC1. The van der Waals surface area contributed by atoms with Crippen LogP contribution in [0.4, 0.5) is 0 Å². The van der Waals surface area contributed by atoms with E-state index in [-0.39, 0.29) is 17.8 Å². The highest BCUT2D eigenvalue weighted by Gasteiger charge is 2.25. The Balaban J connectivity index is 1.89. The maximum Gasteiger partial charge on any atom is 0.255 e. The van der Waals surface area contributed by atoms with E-state index in [0.29, 0.717) is 36.8 Å². The third kappa shape index (κ3) is 4.33. The number of piperidine rings is 1. The number of rotatable bonds is 5. The summed E-state index contributed by atoms with van der Waals surface area (Å²) in [6.45, 7) is 2.58. The monoisotopic (exact) mass is 312 g/mol. The van der Waals surface area contributed by atoms with Crippen molar-refractivity contribution in [3.63, 3.8) is 0 Å². The molecule has 0 spiro atoms. The van der Waals surface area contributed by atoms with Crippen molar-refractivity contribution in [2.45, 2.75) is 25.4 Å². The number of carbonyl (C=O) groups is 1. The van der Waals surface area contributed by atoms with E-state index in [2.05, 4.69) is 0 Å². The van der Waals surface area contributed by atoms with Gasteiger partial charge in [-0.1, -0.05) is 11.6 Å². The van der Waals surface area contributed by atoms with Gasteiger partial charge in [0.15, 0.2) is 0 Å². The highest BCUT2D eigenvalue weighted by molar-refractivity contribution is 6.33. The Hall–Kier alpha value is -1.30. The van der Waals surface area contributed by atoms with Crippen LogP contribution in [0.15, 0.2) is 18.2 Å². The molecule has 0 aliphatic carbocycles. The van der Waals surface area contributed by atoms with Gasteiger partial charge in [0.05, 0.1) is 16.7 Å². The first-order valence-corrected chi connectivity index (χ1v) is 7.59. The molecular formula is C15H21ClN2O3. The summed E-state index contributed by atoms with van der Waals surface area (Å²) in [6.07, 6.45) is 2.68. The van der Waals surface area contributed by atoms with Crippen LogP contribution in [0.3, 0.4) is 0 Å². The van der Waals surface area contributed by atoms with E-state index in [1.54, 1.807) is 4.90 Å². The normalized spacial score (nSPS) is 16.2. The Morgan fingerprint density at radius 2 is 2.14 bits per heavy atom. The molecule has 0 bridgehead atoms. The number of amides is 1. The molecule has 1 amide bonds. The Morgan fingerprint density at radius 3 is 2.81 bits per heavy atom. The minimum absolute atomic E-state index is 0.0442. The average Bonchev–Trinajstić information content (AvgIpc) is 2.50. The first-order valence-electron chi connectivity index (χ1n) is 7.21. The second-order valence-corrected chi connectivity index (χ2v) is 5.58. The number of nitrogens with two attached hydrogens (primary N) is 1. The number of aromatic hydroxyl groups is 1. The molecule has 0 saturated carbocycles. The molecule has 1 aliphatic heterocycles. The highest BCUT2D eigenvalue weighted by atomic mass is 35.5. The number of phenolic OH excluding ortho intramolecular Hbond substituents is 1. The van der Waals surface area contributed by atoms with Crippen molar-refractivity contribution in [3.05, 3.63) is 28.8 Å². The van der Waals surface area contributed by atoms with Gasteiger partial charge < -0.3 is 20.5 Å². The van der Waals surface area contributed by atoms with Crippen LogP contribution in [-0.2, 0) is 4.74 Å². The fourth-order valence-corrected chi connectivity index (χ4v) is 2.60. The Morgan fingerprint density at radius 1 is 1.43 bits per heavy atom. The van der Waals surface area contributed by atoms with Crippen molar-refractivity contribution >= 4 is 17.5 Å². The van der Waals surface area contributed by atoms with Crippen molar-refractivity contribution in [2.24, 2.45) is 5.73 Å². The number of hydrogen-bond acceptors (Lipinski definition) is 4. The van der Waals surface area contributed by atoms with Crippen molar-refractivity contribution in [3.8, 4) is 5.75 Å². The number of ether oxygens (including phenoxy) is 1. The molecule has 0 aromatic heterocycles. The van der Waals surface area contributed by atoms with Crippen LogP contribution in [0.1, 0.15) is 29.6 Å². The molecule has 5 nitrogen and oxygen atoms in total. The summed E-state index contributed by atoms with van der Waals surface area (Å²) in [5.41, 5.74) is 5.78. The van der Waals surface area contributed by atoms with Crippen LogP contribution in [0.2, 0.25) is 5.02 Å². The van der Waals surface area contributed by atoms with Crippen LogP contribution in [0.25, 0.3) is 0 Å². The van der Waals surface area contributed by atoms with Crippen LogP contribution < -0.4 is 5.73 Å². The summed E-state index contributed by atoms with van der Waals surface area (Å²) in [6, 6.07) is 4.41. The summed E-state index contributed by atoms with van der Waals surface area (Å²) >= 11 is 6.03. The minimum atomic E-state index is -0.142. The minimum Gasteiger partial charge on any atom is -0.508 e. The lowest BCUT2D eigenvalue weighted by molar-refractivity contribution is 0.00844. The van der Waals surface area contributed by atoms with Crippen LogP contribution in [-0.4, -0.2) is 48.3 Å². The Kier molecular flexibility index (Phi) is 5.85. The third-order valence-electron chi connectivity index (χ3n) is 3.61. The molecule has 21 heavy (non-hydrogen) atoms. The largest absolute Gasteiger partial charge is 0.508 e. The van der Waals surface area contributed by atoms with Gasteiger partial charge >= 0.3 is 0 Å². The molecule has 0 atom stereocenters. The van der Waals surface area contributed by atoms with Gasteiger partial charge in [-0.2, -0.15) is 0 Å². The Bertz CT molecular complexity index is 488. The molecule has 1 heterocycles. The van der Waals surface area contributed by atoms with Gasteiger partial charge in [-0.3, -0.25) is 4.79 Å². The number of carbonyl (C=O) groups excluding carboxylic acids is 1. The molecule has 3 N–H and O–H groups in total. The maximum atomic E-state index is 12.4. The first-order chi connectivity index (χ1) is 10.1. The summed E-state index contributed by atoms with van der Waals surface area (Å²) < 4.78 is 5.72. The molecule has 1 fully saturated rings. The molecule has 116 valence electrons. The molecular weight excluding hydrogens is 292 g/mol. The van der Waals surface area contributed by atoms with E-state index in [1.165, 1.54) is 18.2 Å². The molecule has 1 aromatic rings. The van der Waals surface area contributed by atoms with Gasteiger partial charge in [-0.05, 0) is 44.0 Å². The number of hydrogen-bond donors (Lipinski definition) is 2.